The molecule has 0 saturated heterocycles. The number of Topliss-reactive ketones (excluding diaryl/α,β-unsaturated/α-hetero) is 1. The van der Waals surface area contributed by atoms with E-state index in [1.54, 1.807) is 19.1 Å². The molecular formula is C21H33NO3. The molecule has 1 aromatic rings. The Kier molecular flexibility index (Phi) is 11.4. The van der Waals surface area contributed by atoms with Gasteiger partial charge in [0.15, 0.2) is 0 Å². The summed E-state index contributed by atoms with van der Waals surface area (Å²) in [4.78, 5) is 23.5. The van der Waals surface area contributed by atoms with Crippen molar-refractivity contribution in [1.82, 2.24) is 0 Å². The van der Waals surface area contributed by atoms with Gasteiger partial charge in [-0.2, -0.15) is 0 Å². The maximum Gasteiger partial charge on any atom is 0.338 e. The third-order valence-corrected chi connectivity index (χ3v) is 4.19. The molecule has 0 aromatic heterocycles. The molecule has 0 spiro atoms. The van der Waals surface area contributed by atoms with E-state index >= 15 is 0 Å². The zero-order valence-corrected chi connectivity index (χ0v) is 15.8. The first-order valence-electron chi connectivity index (χ1n) is 9.70. The van der Waals surface area contributed by atoms with E-state index in [-0.39, 0.29) is 5.97 Å². The van der Waals surface area contributed by atoms with Crippen LogP contribution in [0.3, 0.4) is 0 Å². The summed E-state index contributed by atoms with van der Waals surface area (Å²) in [6.07, 6.45) is 9.89. The first kappa shape index (κ1) is 21.2. The number of benzene rings is 1. The normalized spacial score (nSPS) is 10.5. The van der Waals surface area contributed by atoms with Crippen molar-refractivity contribution >= 4 is 17.4 Å². The molecule has 4 heteroatoms. The van der Waals surface area contributed by atoms with Crippen molar-refractivity contribution in [1.29, 1.82) is 0 Å². The smallest absolute Gasteiger partial charge is 0.338 e. The number of hydrogen-bond donors (Lipinski definition) is 1. The highest BCUT2D eigenvalue weighted by Crippen LogP contribution is 2.12. The summed E-state index contributed by atoms with van der Waals surface area (Å²) >= 11 is 0. The molecule has 1 N–H and O–H groups in total. The summed E-state index contributed by atoms with van der Waals surface area (Å²) in [5.74, 6) is 0.0168. The maximum atomic E-state index is 11.9. The Balaban J connectivity index is 2.11. The molecule has 25 heavy (non-hydrogen) atoms. The molecule has 0 amide bonds. The second kappa shape index (κ2) is 13.5. The number of carbonyl (C=O) groups is 2. The summed E-state index contributed by atoms with van der Waals surface area (Å²) in [6, 6.07) is 7.15. The van der Waals surface area contributed by atoms with Crippen LogP contribution in [0.15, 0.2) is 24.3 Å². The van der Waals surface area contributed by atoms with E-state index in [0.29, 0.717) is 37.3 Å². The number of carbonyl (C=O) groups excluding carboxylic acids is 2. The second-order valence-electron chi connectivity index (χ2n) is 6.38. The molecule has 0 heterocycles. The number of unbranched alkanes of at least 4 members (excludes halogenated alkanes) is 6. The van der Waals surface area contributed by atoms with Crippen LogP contribution in [-0.4, -0.2) is 24.9 Å². The number of ketones is 1. The fourth-order valence-corrected chi connectivity index (χ4v) is 2.69. The van der Waals surface area contributed by atoms with E-state index in [0.717, 1.165) is 18.5 Å². The lowest BCUT2D eigenvalue weighted by Crippen LogP contribution is -2.09. The van der Waals surface area contributed by atoms with E-state index < -0.39 is 0 Å². The zero-order valence-electron chi connectivity index (χ0n) is 15.8. The third-order valence-electron chi connectivity index (χ3n) is 4.19. The van der Waals surface area contributed by atoms with Crippen molar-refractivity contribution in [2.75, 3.05) is 18.5 Å². The van der Waals surface area contributed by atoms with Gasteiger partial charge in [0.05, 0.1) is 12.2 Å². The van der Waals surface area contributed by atoms with Gasteiger partial charge < -0.3 is 10.1 Å². The number of anilines is 1. The van der Waals surface area contributed by atoms with Crippen LogP contribution in [0.4, 0.5) is 5.69 Å². The van der Waals surface area contributed by atoms with E-state index in [2.05, 4.69) is 12.2 Å². The Morgan fingerprint density at radius 3 is 2.16 bits per heavy atom. The molecule has 0 radical (unpaired) electrons. The van der Waals surface area contributed by atoms with Crippen LogP contribution < -0.4 is 5.32 Å². The van der Waals surface area contributed by atoms with Crippen molar-refractivity contribution in [3.05, 3.63) is 29.8 Å². The summed E-state index contributed by atoms with van der Waals surface area (Å²) in [5, 5.41) is 3.23. The van der Waals surface area contributed by atoms with Gasteiger partial charge in [0, 0.05) is 25.1 Å². The van der Waals surface area contributed by atoms with Crippen LogP contribution in [0, 0.1) is 0 Å². The van der Waals surface area contributed by atoms with E-state index in [9.17, 15) is 9.59 Å². The highest BCUT2D eigenvalue weighted by Gasteiger charge is 2.06. The molecule has 0 bridgehead atoms. The van der Waals surface area contributed by atoms with Crippen LogP contribution in [-0.2, 0) is 9.53 Å². The van der Waals surface area contributed by atoms with Crippen LogP contribution in [0.1, 0.15) is 82.0 Å². The Bertz CT molecular complexity index is 496. The Labute approximate surface area is 152 Å². The Morgan fingerprint density at radius 2 is 1.52 bits per heavy atom. The van der Waals surface area contributed by atoms with Gasteiger partial charge in [0.2, 0.25) is 0 Å². The summed E-state index contributed by atoms with van der Waals surface area (Å²) in [5.41, 5.74) is 1.46. The molecule has 0 aliphatic heterocycles. The quantitative estimate of drug-likeness (QED) is 0.363. The maximum absolute atomic E-state index is 11.9. The fourth-order valence-electron chi connectivity index (χ4n) is 2.69. The lowest BCUT2D eigenvalue weighted by atomic mass is 10.1. The fraction of sp³-hybridized carbons (Fsp3) is 0.619. The average molecular weight is 347 g/mol. The lowest BCUT2D eigenvalue weighted by molar-refractivity contribution is -0.118. The summed E-state index contributed by atoms with van der Waals surface area (Å²) < 4.78 is 4.95. The van der Waals surface area contributed by atoms with Gasteiger partial charge in [-0.05, 0) is 37.6 Å². The molecule has 0 atom stereocenters. The predicted octanol–water partition coefficient (Wildman–Crippen LogP) is 5.38. The number of hydrogen-bond acceptors (Lipinski definition) is 4. The first-order chi connectivity index (χ1) is 12.2. The minimum Gasteiger partial charge on any atom is -0.462 e. The number of esters is 1. The molecule has 0 aliphatic rings. The van der Waals surface area contributed by atoms with Crippen LogP contribution in [0.25, 0.3) is 0 Å². The Hall–Kier alpha value is -1.84. The standard InChI is InChI=1S/C21H33NO3/c1-3-5-6-7-8-9-10-11-20(23)16-17-22-19-14-12-18(13-15-19)21(24)25-4-2/h12-15,22H,3-11,16-17H2,1-2H3. The van der Waals surface area contributed by atoms with E-state index in [1.807, 2.05) is 12.1 Å². The molecule has 0 aliphatic carbocycles. The van der Waals surface area contributed by atoms with Crippen molar-refractivity contribution in [3.8, 4) is 0 Å². The SMILES string of the molecule is CCCCCCCCCC(=O)CCNc1ccc(C(=O)OCC)cc1. The molecule has 0 saturated carbocycles. The van der Waals surface area contributed by atoms with Crippen molar-refractivity contribution in [3.63, 3.8) is 0 Å². The zero-order chi connectivity index (χ0) is 18.3. The summed E-state index contributed by atoms with van der Waals surface area (Å²) in [7, 11) is 0. The largest absolute Gasteiger partial charge is 0.462 e. The van der Waals surface area contributed by atoms with Crippen molar-refractivity contribution in [2.24, 2.45) is 0 Å². The molecule has 1 aromatic carbocycles. The average Bonchev–Trinajstić information content (AvgIpc) is 2.62. The Morgan fingerprint density at radius 1 is 0.880 bits per heavy atom. The van der Waals surface area contributed by atoms with Gasteiger partial charge in [0.25, 0.3) is 0 Å². The monoisotopic (exact) mass is 347 g/mol. The van der Waals surface area contributed by atoms with Gasteiger partial charge >= 0.3 is 5.97 Å². The van der Waals surface area contributed by atoms with Gasteiger partial charge in [-0.15, -0.1) is 0 Å². The molecule has 140 valence electrons. The highest BCUT2D eigenvalue weighted by molar-refractivity contribution is 5.89. The van der Waals surface area contributed by atoms with Crippen LogP contribution >= 0.6 is 0 Å². The first-order valence-corrected chi connectivity index (χ1v) is 9.70. The number of ether oxygens (including phenoxy) is 1. The predicted molar refractivity (Wildman–Crippen MR) is 103 cm³/mol. The molecular weight excluding hydrogens is 314 g/mol. The topological polar surface area (TPSA) is 55.4 Å². The summed E-state index contributed by atoms with van der Waals surface area (Å²) in [6.45, 7) is 5.02. The van der Waals surface area contributed by atoms with Gasteiger partial charge in [-0.3, -0.25) is 4.79 Å². The lowest BCUT2D eigenvalue weighted by Gasteiger charge is -2.07. The molecule has 0 fully saturated rings. The minimum absolute atomic E-state index is 0.307. The second-order valence-corrected chi connectivity index (χ2v) is 6.38. The third kappa shape index (κ3) is 9.90. The number of rotatable bonds is 14. The van der Waals surface area contributed by atoms with E-state index in [4.69, 9.17) is 4.74 Å². The number of nitrogens with one attached hydrogen (secondary N) is 1. The van der Waals surface area contributed by atoms with E-state index in [1.165, 1.54) is 32.1 Å². The molecule has 1 rings (SSSR count). The minimum atomic E-state index is -0.307. The molecule has 4 nitrogen and oxygen atoms in total. The van der Waals surface area contributed by atoms with Crippen LogP contribution in [0.5, 0.6) is 0 Å². The van der Waals surface area contributed by atoms with Crippen molar-refractivity contribution < 1.29 is 14.3 Å². The van der Waals surface area contributed by atoms with Crippen LogP contribution in [0.2, 0.25) is 0 Å². The highest BCUT2D eigenvalue weighted by atomic mass is 16.5. The van der Waals surface area contributed by atoms with Gasteiger partial charge in [-0.1, -0.05) is 45.4 Å². The van der Waals surface area contributed by atoms with Crippen molar-refractivity contribution in [2.45, 2.75) is 71.6 Å². The van der Waals surface area contributed by atoms with Gasteiger partial charge in [0.1, 0.15) is 5.78 Å². The van der Waals surface area contributed by atoms with Gasteiger partial charge in [-0.25, -0.2) is 4.79 Å². The molecule has 0 unspecified atom stereocenters.